The molecule has 0 unspecified atom stereocenters. The number of sulfone groups is 1. The summed E-state index contributed by atoms with van der Waals surface area (Å²) in [5.74, 6) is 6.18. The van der Waals surface area contributed by atoms with E-state index in [1.54, 1.807) is 24.3 Å². The van der Waals surface area contributed by atoms with Gasteiger partial charge in [0, 0.05) is 67.2 Å². The Balaban J connectivity index is 1.14. The van der Waals surface area contributed by atoms with Gasteiger partial charge in [0.2, 0.25) is 0 Å². The zero-order valence-electron chi connectivity index (χ0n) is 26.3. The zero-order valence-corrected chi connectivity index (χ0v) is 27.1. The summed E-state index contributed by atoms with van der Waals surface area (Å²) in [6, 6.07) is 12.5. The van der Waals surface area contributed by atoms with Crippen molar-refractivity contribution in [3.8, 4) is 17.6 Å². The summed E-state index contributed by atoms with van der Waals surface area (Å²) in [5.41, 5.74) is 2.56. The quantitative estimate of drug-likeness (QED) is 0.291. The molecular formula is C34H41F3N4O4S. The van der Waals surface area contributed by atoms with Crippen LogP contribution in [0.3, 0.4) is 0 Å². The molecule has 12 heteroatoms. The molecule has 1 aromatic heterocycles. The summed E-state index contributed by atoms with van der Waals surface area (Å²) in [5, 5.41) is 7.44. The highest BCUT2D eigenvalue weighted by Crippen LogP contribution is 2.43. The molecule has 2 N–H and O–H groups in total. The number of alkyl halides is 3. The number of nitrogens with zero attached hydrogens (tertiary/aromatic N) is 2. The molecular weight excluding hydrogens is 617 g/mol. The van der Waals surface area contributed by atoms with Gasteiger partial charge in [0.25, 0.3) is 0 Å². The fraction of sp³-hybridized carbons (Fsp3) is 0.529. The number of hydrogen-bond donors (Lipinski definition) is 2. The third-order valence-corrected chi connectivity index (χ3v) is 10.8. The van der Waals surface area contributed by atoms with Crippen LogP contribution in [0, 0.1) is 17.3 Å². The van der Waals surface area contributed by atoms with Gasteiger partial charge in [0.05, 0.1) is 35.4 Å². The number of aromatic nitrogens is 1. The maximum absolute atomic E-state index is 13.7. The summed E-state index contributed by atoms with van der Waals surface area (Å²) < 4.78 is 77.0. The van der Waals surface area contributed by atoms with E-state index in [0.717, 1.165) is 63.7 Å². The molecule has 2 aromatic carbocycles. The number of hydrogen-bond acceptors (Lipinski definition) is 7. The summed E-state index contributed by atoms with van der Waals surface area (Å²) in [7, 11) is -1.98. The average Bonchev–Trinajstić information content (AvgIpc) is 3.35. The van der Waals surface area contributed by atoms with Gasteiger partial charge in [-0.25, -0.2) is 8.42 Å². The van der Waals surface area contributed by atoms with E-state index >= 15 is 0 Å². The van der Waals surface area contributed by atoms with Crippen LogP contribution in [0.4, 0.5) is 24.5 Å². The maximum Gasteiger partial charge on any atom is 0.406 e. The molecule has 0 radical (unpaired) electrons. The standard InChI is InChI=1S/C34H41F3N4O4S/c1-44-32-20-27(46(2,42)43)12-13-30(32)38-16-4-5-26-19-28-29(6-3-7-31(28)41(26)23-34(35,36)37)39-24-8-10-25(11-9-24)40-21-33(22-40)14-17-45-18-15-33/h3,6-7,12-13,19-20,24-25,38-39H,8-11,14-18,21-23H2,1-2H3/t24-,25-. The summed E-state index contributed by atoms with van der Waals surface area (Å²) in [4.78, 5) is 2.76. The van der Waals surface area contributed by atoms with Crippen molar-refractivity contribution in [2.45, 2.75) is 68.2 Å². The monoisotopic (exact) mass is 658 g/mol. The molecule has 2 aliphatic heterocycles. The van der Waals surface area contributed by atoms with Crippen LogP contribution >= 0.6 is 0 Å². The van der Waals surface area contributed by atoms with Crippen molar-refractivity contribution >= 4 is 32.1 Å². The van der Waals surface area contributed by atoms with Gasteiger partial charge >= 0.3 is 6.18 Å². The molecule has 3 heterocycles. The van der Waals surface area contributed by atoms with E-state index in [-0.39, 0.29) is 23.2 Å². The van der Waals surface area contributed by atoms with E-state index in [4.69, 9.17) is 9.47 Å². The summed E-state index contributed by atoms with van der Waals surface area (Å²) >= 11 is 0. The molecule has 1 spiro atoms. The topological polar surface area (TPSA) is 84.8 Å². The van der Waals surface area contributed by atoms with Gasteiger partial charge in [-0.15, -0.1) is 0 Å². The van der Waals surface area contributed by atoms with E-state index in [0.29, 0.717) is 33.8 Å². The minimum absolute atomic E-state index is 0.113. The molecule has 2 saturated heterocycles. The average molecular weight is 659 g/mol. The predicted octanol–water partition coefficient (Wildman–Crippen LogP) is 5.91. The van der Waals surface area contributed by atoms with Crippen LogP contribution in [0.25, 0.3) is 10.9 Å². The minimum Gasteiger partial charge on any atom is -0.495 e. The molecule has 0 bridgehead atoms. The second-order valence-corrected chi connectivity index (χ2v) is 14.9. The maximum atomic E-state index is 13.7. The molecule has 3 fully saturated rings. The number of fused-ring (bicyclic) bond motifs is 1. The fourth-order valence-electron chi connectivity index (χ4n) is 7.19. The molecule has 1 aliphatic carbocycles. The van der Waals surface area contributed by atoms with Gasteiger partial charge in [-0.1, -0.05) is 12.0 Å². The first-order chi connectivity index (χ1) is 21.9. The van der Waals surface area contributed by atoms with Gasteiger partial charge in [-0.3, -0.25) is 4.90 Å². The van der Waals surface area contributed by atoms with Crippen LogP contribution in [-0.4, -0.2) is 82.4 Å². The lowest BCUT2D eigenvalue weighted by Crippen LogP contribution is -2.62. The van der Waals surface area contributed by atoms with Crippen LogP contribution in [-0.2, 0) is 21.1 Å². The van der Waals surface area contributed by atoms with Gasteiger partial charge in [-0.2, -0.15) is 13.2 Å². The molecule has 8 nitrogen and oxygen atoms in total. The number of likely N-dealkylation sites (tertiary alicyclic amines) is 1. The largest absolute Gasteiger partial charge is 0.495 e. The molecule has 0 atom stereocenters. The van der Waals surface area contributed by atoms with Gasteiger partial charge < -0.3 is 24.7 Å². The third-order valence-electron chi connectivity index (χ3n) is 9.67. The molecule has 3 aromatic rings. The number of methoxy groups -OCH3 is 1. The van der Waals surface area contributed by atoms with Crippen molar-refractivity contribution < 1.29 is 31.1 Å². The van der Waals surface area contributed by atoms with E-state index < -0.39 is 22.6 Å². The third kappa shape index (κ3) is 7.27. The first-order valence-corrected chi connectivity index (χ1v) is 17.7. The number of anilines is 2. The number of halogens is 3. The Hall–Kier alpha value is -3.40. The Morgan fingerprint density at radius 2 is 1.78 bits per heavy atom. The van der Waals surface area contributed by atoms with E-state index in [1.165, 1.54) is 36.9 Å². The van der Waals surface area contributed by atoms with E-state index in [9.17, 15) is 21.6 Å². The molecule has 46 heavy (non-hydrogen) atoms. The van der Waals surface area contributed by atoms with Gasteiger partial charge in [0.15, 0.2) is 9.84 Å². The lowest BCUT2D eigenvalue weighted by molar-refractivity contribution is -0.140. The molecule has 6 rings (SSSR count). The second-order valence-electron chi connectivity index (χ2n) is 12.9. The molecule has 3 aliphatic rings. The van der Waals surface area contributed by atoms with Gasteiger partial charge in [-0.05, 0) is 74.8 Å². The van der Waals surface area contributed by atoms with Crippen LogP contribution < -0.4 is 15.4 Å². The van der Waals surface area contributed by atoms with Crippen molar-refractivity contribution in [1.82, 2.24) is 9.47 Å². The zero-order chi connectivity index (χ0) is 32.5. The lowest BCUT2D eigenvalue weighted by Gasteiger charge is -2.56. The molecule has 0 amide bonds. The van der Waals surface area contributed by atoms with Crippen molar-refractivity contribution in [3.05, 3.63) is 48.2 Å². The Morgan fingerprint density at radius 1 is 1.04 bits per heavy atom. The number of rotatable bonds is 8. The second kappa shape index (κ2) is 13.0. The SMILES string of the molecule is COc1cc(S(C)(=O)=O)ccc1NCC#Cc1cc2c(N[C@H]3CC[C@H](N4CC5(CCOCC5)C4)CC3)cccc2n1CC(F)(F)F. The van der Waals surface area contributed by atoms with Crippen molar-refractivity contribution in [1.29, 1.82) is 0 Å². The highest BCUT2D eigenvalue weighted by Gasteiger charge is 2.46. The first-order valence-electron chi connectivity index (χ1n) is 15.8. The van der Waals surface area contributed by atoms with E-state index in [2.05, 4.69) is 27.4 Å². The van der Waals surface area contributed by atoms with Crippen molar-refractivity contribution in [2.24, 2.45) is 5.41 Å². The summed E-state index contributed by atoms with van der Waals surface area (Å²) in [6.07, 6.45) is 3.28. The number of ether oxygens (including phenoxy) is 2. The van der Waals surface area contributed by atoms with Crippen LogP contribution in [0.1, 0.15) is 44.2 Å². The fourth-order valence-corrected chi connectivity index (χ4v) is 7.82. The lowest BCUT2D eigenvalue weighted by atomic mass is 9.71. The normalized spacial score (nSPS) is 21.8. The first kappa shape index (κ1) is 32.5. The Morgan fingerprint density at radius 3 is 2.46 bits per heavy atom. The number of nitrogens with one attached hydrogen (secondary N) is 2. The van der Waals surface area contributed by atoms with Crippen LogP contribution in [0.5, 0.6) is 5.75 Å². The van der Waals surface area contributed by atoms with Crippen LogP contribution in [0.15, 0.2) is 47.4 Å². The van der Waals surface area contributed by atoms with Crippen molar-refractivity contribution in [2.75, 3.05) is 56.8 Å². The highest BCUT2D eigenvalue weighted by atomic mass is 32.2. The molecule has 248 valence electrons. The highest BCUT2D eigenvalue weighted by molar-refractivity contribution is 7.90. The predicted molar refractivity (Wildman–Crippen MR) is 173 cm³/mol. The van der Waals surface area contributed by atoms with E-state index in [1.807, 2.05) is 6.07 Å². The Kier molecular flexibility index (Phi) is 9.20. The van der Waals surface area contributed by atoms with Crippen molar-refractivity contribution in [3.63, 3.8) is 0 Å². The van der Waals surface area contributed by atoms with Crippen LogP contribution in [0.2, 0.25) is 0 Å². The molecule has 1 saturated carbocycles. The Labute approximate surface area is 268 Å². The smallest absolute Gasteiger partial charge is 0.406 e. The van der Waals surface area contributed by atoms with Gasteiger partial charge in [0.1, 0.15) is 12.3 Å². The summed E-state index contributed by atoms with van der Waals surface area (Å²) in [6.45, 7) is 3.07. The minimum atomic E-state index is -4.42. The Bertz CT molecular complexity index is 1720. The number of benzene rings is 2.